The topological polar surface area (TPSA) is 57.6 Å². The molecule has 1 amide bonds. The molecule has 2 heterocycles. The van der Waals surface area contributed by atoms with Gasteiger partial charge in [-0.25, -0.2) is 0 Å². The van der Waals surface area contributed by atoms with Crippen LogP contribution in [0.25, 0.3) is 0 Å². The van der Waals surface area contributed by atoms with Crippen molar-refractivity contribution in [3.05, 3.63) is 21.3 Å². The third kappa shape index (κ3) is 2.62. The van der Waals surface area contributed by atoms with E-state index in [1.54, 1.807) is 16.3 Å². The fourth-order valence-electron chi connectivity index (χ4n) is 2.45. The second-order valence-electron chi connectivity index (χ2n) is 4.83. The molecule has 2 rings (SSSR count). The number of hydrogen-bond donors (Lipinski definition) is 1. The Morgan fingerprint density at radius 3 is 2.53 bits per heavy atom. The zero-order valence-corrected chi connectivity index (χ0v) is 12.3. The quantitative estimate of drug-likeness (QED) is 0.933. The van der Waals surface area contributed by atoms with Crippen LogP contribution in [0.5, 0.6) is 0 Å². The standard InChI is InChI=1S/C13H16ClNO3S/c1-2-13(12(17)18)4-6-15(7-5-13)11(16)10-9(14)3-8-19-10/h3,8H,2,4-7H2,1H3,(H,17,18). The first-order chi connectivity index (χ1) is 9.00. The van der Waals surface area contributed by atoms with Crippen LogP contribution in [0.4, 0.5) is 0 Å². The van der Waals surface area contributed by atoms with E-state index in [2.05, 4.69) is 0 Å². The maximum atomic E-state index is 12.3. The Morgan fingerprint density at radius 1 is 1.47 bits per heavy atom. The number of rotatable bonds is 3. The number of hydrogen-bond acceptors (Lipinski definition) is 3. The van der Waals surface area contributed by atoms with Gasteiger partial charge in [0.25, 0.3) is 5.91 Å². The second kappa shape index (κ2) is 5.51. The number of piperidine rings is 1. The number of likely N-dealkylation sites (tertiary alicyclic amines) is 1. The number of halogens is 1. The predicted molar refractivity (Wildman–Crippen MR) is 74.8 cm³/mol. The molecule has 0 atom stereocenters. The van der Waals surface area contributed by atoms with Gasteiger partial charge in [-0.3, -0.25) is 9.59 Å². The monoisotopic (exact) mass is 301 g/mol. The maximum Gasteiger partial charge on any atom is 0.309 e. The third-order valence-corrected chi connectivity index (χ3v) is 5.28. The van der Waals surface area contributed by atoms with Crippen LogP contribution in [0.2, 0.25) is 5.02 Å². The molecule has 1 fully saturated rings. The zero-order valence-electron chi connectivity index (χ0n) is 10.7. The highest BCUT2D eigenvalue weighted by molar-refractivity contribution is 7.12. The largest absolute Gasteiger partial charge is 0.481 e. The van der Waals surface area contributed by atoms with E-state index in [0.29, 0.717) is 42.3 Å². The van der Waals surface area contributed by atoms with Gasteiger partial charge in [-0.05, 0) is 30.7 Å². The molecular weight excluding hydrogens is 286 g/mol. The molecule has 0 aliphatic carbocycles. The molecule has 0 unspecified atom stereocenters. The smallest absolute Gasteiger partial charge is 0.309 e. The number of amides is 1. The maximum absolute atomic E-state index is 12.3. The van der Waals surface area contributed by atoms with Gasteiger partial charge in [-0.1, -0.05) is 18.5 Å². The van der Waals surface area contributed by atoms with Crippen LogP contribution in [0.15, 0.2) is 11.4 Å². The van der Waals surface area contributed by atoms with Gasteiger partial charge in [-0.15, -0.1) is 11.3 Å². The van der Waals surface area contributed by atoms with Crippen LogP contribution in [-0.2, 0) is 4.79 Å². The molecule has 0 radical (unpaired) electrons. The van der Waals surface area contributed by atoms with Crippen molar-refractivity contribution >= 4 is 34.8 Å². The summed E-state index contributed by atoms with van der Waals surface area (Å²) in [7, 11) is 0. The normalized spacial score (nSPS) is 18.3. The summed E-state index contributed by atoms with van der Waals surface area (Å²) in [4.78, 5) is 25.8. The minimum Gasteiger partial charge on any atom is -0.481 e. The number of thiophene rings is 1. The van der Waals surface area contributed by atoms with Crippen LogP contribution < -0.4 is 0 Å². The summed E-state index contributed by atoms with van der Waals surface area (Å²) >= 11 is 7.28. The minimum atomic E-state index is -0.753. The molecule has 0 saturated carbocycles. The predicted octanol–water partition coefficient (Wildman–Crippen LogP) is 3.12. The van der Waals surface area contributed by atoms with E-state index in [1.807, 2.05) is 6.92 Å². The molecule has 0 aromatic carbocycles. The van der Waals surface area contributed by atoms with E-state index >= 15 is 0 Å². The van der Waals surface area contributed by atoms with E-state index in [1.165, 1.54) is 11.3 Å². The van der Waals surface area contributed by atoms with Crippen molar-refractivity contribution in [3.63, 3.8) is 0 Å². The van der Waals surface area contributed by atoms with E-state index in [0.717, 1.165) is 0 Å². The van der Waals surface area contributed by atoms with Gasteiger partial charge in [-0.2, -0.15) is 0 Å². The van der Waals surface area contributed by atoms with E-state index in [-0.39, 0.29) is 5.91 Å². The van der Waals surface area contributed by atoms with Crippen molar-refractivity contribution in [2.75, 3.05) is 13.1 Å². The Balaban J connectivity index is 2.06. The van der Waals surface area contributed by atoms with Crippen molar-refractivity contribution in [3.8, 4) is 0 Å². The molecule has 1 aromatic heterocycles. The average Bonchev–Trinajstić information content (AvgIpc) is 2.84. The van der Waals surface area contributed by atoms with E-state index < -0.39 is 11.4 Å². The molecule has 0 spiro atoms. The summed E-state index contributed by atoms with van der Waals surface area (Å²) < 4.78 is 0. The van der Waals surface area contributed by atoms with Crippen molar-refractivity contribution in [2.45, 2.75) is 26.2 Å². The first-order valence-electron chi connectivity index (χ1n) is 6.26. The molecule has 1 aliphatic rings. The molecule has 4 nitrogen and oxygen atoms in total. The first kappa shape index (κ1) is 14.3. The Morgan fingerprint density at radius 2 is 2.11 bits per heavy atom. The summed E-state index contributed by atoms with van der Waals surface area (Å²) in [5, 5.41) is 11.6. The molecule has 1 aromatic rings. The molecule has 0 bridgehead atoms. The average molecular weight is 302 g/mol. The van der Waals surface area contributed by atoms with E-state index in [4.69, 9.17) is 11.6 Å². The van der Waals surface area contributed by atoms with Gasteiger partial charge in [0.15, 0.2) is 0 Å². The second-order valence-corrected chi connectivity index (χ2v) is 6.15. The molecule has 104 valence electrons. The van der Waals surface area contributed by atoms with Gasteiger partial charge in [0, 0.05) is 13.1 Å². The first-order valence-corrected chi connectivity index (χ1v) is 7.51. The Bertz CT molecular complexity index is 492. The molecular formula is C13H16ClNO3S. The van der Waals surface area contributed by atoms with Gasteiger partial charge < -0.3 is 10.0 Å². The fourth-order valence-corrected chi connectivity index (χ4v) is 3.55. The Kier molecular flexibility index (Phi) is 4.16. The summed E-state index contributed by atoms with van der Waals surface area (Å²) in [5.41, 5.74) is -0.671. The number of carbonyl (C=O) groups excluding carboxylic acids is 1. The zero-order chi connectivity index (χ0) is 14.0. The SMILES string of the molecule is CCC1(C(=O)O)CCN(C(=O)c2sccc2Cl)CC1. The third-order valence-electron chi connectivity index (χ3n) is 3.95. The lowest BCUT2D eigenvalue weighted by Gasteiger charge is -2.38. The summed E-state index contributed by atoms with van der Waals surface area (Å²) in [6, 6.07) is 1.71. The lowest BCUT2D eigenvalue weighted by atomic mass is 9.76. The fraction of sp³-hybridized carbons (Fsp3) is 0.538. The number of carboxylic acid groups (broad SMARTS) is 1. The molecule has 6 heteroatoms. The lowest BCUT2D eigenvalue weighted by molar-refractivity contribution is -0.152. The van der Waals surface area contributed by atoms with Gasteiger partial charge >= 0.3 is 5.97 Å². The van der Waals surface area contributed by atoms with Crippen LogP contribution in [0, 0.1) is 5.41 Å². The molecule has 19 heavy (non-hydrogen) atoms. The number of carbonyl (C=O) groups is 2. The van der Waals surface area contributed by atoms with Crippen molar-refractivity contribution < 1.29 is 14.7 Å². The van der Waals surface area contributed by atoms with Gasteiger partial charge in [0.1, 0.15) is 4.88 Å². The summed E-state index contributed by atoms with van der Waals surface area (Å²) in [5.74, 6) is -0.841. The van der Waals surface area contributed by atoms with Crippen molar-refractivity contribution in [1.29, 1.82) is 0 Å². The molecule has 1 saturated heterocycles. The van der Waals surface area contributed by atoms with Crippen LogP contribution in [-0.4, -0.2) is 35.0 Å². The number of nitrogens with zero attached hydrogens (tertiary/aromatic N) is 1. The highest BCUT2D eigenvalue weighted by Crippen LogP contribution is 2.36. The summed E-state index contributed by atoms with van der Waals surface area (Å²) in [6.07, 6.45) is 1.62. The van der Waals surface area contributed by atoms with Gasteiger partial charge in [0.2, 0.25) is 0 Å². The van der Waals surface area contributed by atoms with Crippen LogP contribution >= 0.6 is 22.9 Å². The highest BCUT2D eigenvalue weighted by atomic mass is 35.5. The highest BCUT2D eigenvalue weighted by Gasteiger charge is 2.41. The van der Waals surface area contributed by atoms with Crippen molar-refractivity contribution in [1.82, 2.24) is 4.90 Å². The summed E-state index contributed by atoms with van der Waals surface area (Å²) in [6.45, 7) is 2.85. The van der Waals surface area contributed by atoms with Crippen LogP contribution in [0.1, 0.15) is 35.9 Å². The Hall–Kier alpha value is -1.07. The molecule has 1 N–H and O–H groups in total. The number of carboxylic acids is 1. The van der Waals surface area contributed by atoms with Gasteiger partial charge in [0.05, 0.1) is 10.4 Å². The Labute approximate surface area is 121 Å². The molecule has 1 aliphatic heterocycles. The van der Waals surface area contributed by atoms with Crippen LogP contribution in [0.3, 0.4) is 0 Å². The lowest BCUT2D eigenvalue weighted by Crippen LogP contribution is -2.46. The minimum absolute atomic E-state index is 0.0879. The number of aliphatic carboxylic acids is 1. The van der Waals surface area contributed by atoms with Crippen molar-refractivity contribution in [2.24, 2.45) is 5.41 Å². The van der Waals surface area contributed by atoms with E-state index in [9.17, 15) is 14.7 Å².